The molecule has 7 heteroatoms. The smallest absolute Gasteiger partial charge is 0.287 e. The second kappa shape index (κ2) is 5.95. The van der Waals surface area contributed by atoms with Gasteiger partial charge in [-0.15, -0.1) is 6.58 Å². The number of hydrogen-bond acceptors (Lipinski definition) is 5. The fraction of sp³-hybridized carbons (Fsp3) is 0.538. The Bertz CT molecular complexity index is 556. The Hall–Kier alpha value is -1.37. The first-order chi connectivity index (χ1) is 9.43. The number of aromatic nitrogens is 2. The lowest BCUT2D eigenvalue weighted by molar-refractivity contribution is -0.136. The van der Waals surface area contributed by atoms with Crippen molar-refractivity contribution in [2.45, 2.75) is 32.3 Å². The van der Waals surface area contributed by atoms with Crippen LogP contribution in [0.5, 0.6) is 0 Å². The standard InChI is InChI=1S/C13H18ClN3O3/c1-4-5-17-12(18)11(14)10(7-16-17)15-6-9-8-19-13(2,3)20-9/h4,7,9,15H,1,5-6,8H2,2-3H3. The predicted molar refractivity (Wildman–Crippen MR) is 77.1 cm³/mol. The molecule has 0 radical (unpaired) electrons. The zero-order valence-corrected chi connectivity index (χ0v) is 12.3. The molecule has 1 aliphatic heterocycles. The van der Waals surface area contributed by atoms with E-state index in [0.717, 1.165) is 0 Å². The lowest BCUT2D eigenvalue weighted by Crippen LogP contribution is -2.28. The van der Waals surface area contributed by atoms with Gasteiger partial charge in [-0.1, -0.05) is 17.7 Å². The van der Waals surface area contributed by atoms with Gasteiger partial charge in [-0.25, -0.2) is 4.68 Å². The summed E-state index contributed by atoms with van der Waals surface area (Å²) in [4.78, 5) is 11.9. The minimum Gasteiger partial charge on any atom is -0.380 e. The Kier molecular flexibility index (Phi) is 4.47. The molecule has 20 heavy (non-hydrogen) atoms. The second-order valence-electron chi connectivity index (χ2n) is 4.98. The molecule has 1 saturated heterocycles. The molecule has 110 valence electrons. The Morgan fingerprint density at radius 3 is 3.05 bits per heavy atom. The molecule has 6 nitrogen and oxygen atoms in total. The third kappa shape index (κ3) is 3.39. The highest BCUT2D eigenvalue weighted by atomic mass is 35.5. The fourth-order valence-electron chi connectivity index (χ4n) is 1.93. The molecule has 1 unspecified atom stereocenters. The Morgan fingerprint density at radius 1 is 1.70 bits per heavy atom. The van der Waals surface area contributed by atoms with E-state index in [2.05, 4.69) is 17.0 Å². The van der Waals surface area contributed by atoms with Gasteiger partial charge in [0.15, 0.2) is 5.79 Å². The van der Waals surface area contributed by atoms with E-state index >= 15 is 0 Å². The van der Waals surface area contributed by atoms with Gasteiger partial charge in [-0.3, -0.25) is 4.79 Å². The van der Waals surface area contributed by atoms with E-state index < -0.39 is 5.79 Å². The van der Waals surface area contributed by atoms with Crippen LogP contribution in [0.4, 0.5) is 5.69 Å². The summed E-state index contributed by atoms with van der Waals surface area (Å²) in [5, 5.41) is 7.19. The van der Waals surface area contributed by atoms with Gasteiger partial charge >= 0.3 is 0 Å². The van der Waals surface area contributed by atoms with Gasteiger partial charge in [-0.05, 0) is 13.8 Å². The summed E-state index contributed by atoms with van der Waals surface area (Å²) in [5.41, 5.74) is 0.144. The summed E-state index contributed by atoms with van der Waals surface area (Å²) in [6.07, 6.45) is 3.02. The number of anilines is 1. The van der Waals surface area contributed by atoms with Crippen molar-refractivity contribution < 1.29 is 9.47 Å². The highest BCUT2D eigenvalue weighted by Crippen LogP contribution is 2.23. The van der Waals surface area contributed by atoms with Crippen LogP contribution >= 0.6 is 11.6 Å². The molecule has 0 aliphatic carbocycles. The van der Waals surface area contributed by atoms with Crippen LogP contribution in [0.25, 0.3) is 0 Å². The maximum absolute atomic E-state index is 11.9. The molecule has 1 aromatic rings. The topological polar surface area (TPSA) is 65.4 Å². The molecule has 2 heterocycles. The van der Waals surface area contributed by atoms with E-state index in [1.807, 2.05) is 13.8 Å². The molecule has 0 aromatic carbocycles. The van der Waals surface area contributed by atoms with Crippen molar-refractivity contribution in [3.8, 4) is 0 Å². The van der Waals surface area contributed by atoms with Crippen molar-refractivity contribution >= 4 is 17.3 Å². The van der Waals surface area contributed by atoms with Crippen LogP contribution in [-0.4, -0.2) is 34.8 Å². The lowest BCUT2D eigenvalue weighted by atomic mass is 10.3. The van der Waals surface area contributed by atoms with E-state index in [1.165, 1.54) is 10.9 Å². The summed E-state index contributed by atoms with van der Waals surface area (Å²) in [6.45, 7) is 8.60. The van der Waals surface area contributed by atoms with Gasteiger partial charge in [-0.2, -0.15) is 5.10 Å². The zero-order chi connectivity index (χ0) is 14.8. The molecule has 1 aliphatic rings. The summed E-state index contributed by atoms with van der Waals surface area (Å²) < 4.78 is 12.4. The Morgan fingerprint density at radius 2 is 2.45 bits per heavy atom. The molecule has 1 N–H and O–H groups in total. The van der Waals surface area contributed by atoms with Crippen LogP contribution in [0.2, 0.25) is 5.02 Å². The third-order valence-corrected chi connectivity index (χ3v) is 3.24. The molecule has 0 bridgehead atoms. The van der Waals surface area contributed by atoms with E-state index in [4.69, 9.17) is 21.1 Å². The first-order valence-electron chi connectivity index (χ1n) is 6.35. The number of rotatable bonds is 5. The third-order valence-electron chi connectivity index (χ3n) is 2.87. The Labute approximate surface area is 122 Å². The van der Waals surface area contributed by atoms with Crippen molar-refractivity contribution in [2.24, 2.45) is 0 Å². The predicted octanol–water partition coefficient (Wildman–Crippen LogP) is 1.65. The Balaban J connectivity index is 2.02. The molecular formula is C13H18ClN3O3. The molecule has 0 spiro atoms. The van der Waals surface area contributed by atoms with Gasteiger partial charge < -0.3 is 14.8 Å². The number of nitrogens with zero attached hydrogens (tertiary/aromatic N) is 2. The van der Waals surface area contributed by atoms with Crippen molar-refractivity contribution in [3.63, 3.8) is 0 Å². The van der Waals surface area contributed by atoms with E-state index in [-0.39, 0.29) is 16.7 Å². The van der Waals surface area contributed by atoms with Crippen LogP contribution in [0.3, 0.4) is 0 Å². The van der Waals surface area contributed by atoms with Crippen LogP contribution in [-0.2, 0) is 16.0 Å². The first kappa shape index (κ1) is 15.0. The molecule has 1 fully saturated rings. The lowest BCUT2D eigenvalue weighted by Gasteiger charge is -2.17. The average molecular weight is 300 g/mol. The van der Waals surface area contributed by atoms with E-state index in [0.29, 0.717) is 25.4 Å². The minimum atomic E-state index is -0.568. The molecule has 0 amide bonds. The maximum atomic E-state index is 11.9. The SMILES string of the molecule is C=CCn1ncc(NCC2COC(C)(C)O2)c(Cl)c1=O. The van der Waals surface area contributed by atoms with Crippen molar-refractivity contribution in [1.29, 1.82) is 0 Å². The van der Waals surface area contributed by atoms with Gasteiger partial charge in [0.1, 0.15) is 11.1 Å². The molecular weight excluding hydrogens is 282 g/mol. The first-order valence-corrected chi connectivity index (χ1v) is 6.73. The van der Waals surface area contributed by atoms with Crippen molar-refractivity contribution in [2.75, 3.05) is 18.5 Å². The monoisotopic (exact) mass is 299 g/mol. The van der Waals surface area contributed by atoms with Gasteiger partial charge in [0.25, 0.3) is 5.56 Å². The van der Waals surface area contributed by atoms with Crippen molar-refractivity contribution in [3.05, 3.63) is 34.2 Å². The summed E-state index contributed by atoms with van der Waals surface area (Å²) >= 11 is 6.03. The number of allylic oxidation sites excluding steroid dienone is 1. The minimum absolute atomic E-state index is 0.0864. The summed E-state index contributed by atoms with van der Waals surface area (Å²) in [6, 6.07) is 0. The fourth-order valence-corrected chi connectivity index (χ4v) is 2.14. The van der Waals surface area contributed by atoms with Gasteiger partial charge in [0, 0.05) is 6.54 Å². The van der Waals surface area contributed by atoms with Crippen molar-refractivity contribution in [1.82, 2.24) is 9.78 Å². The van der Waals surface area contributed by atoms with Crippen LogP contribution < -0.4 is 10.9 Å². The van der Waals surface area contributed by atoms with Crippen LogP contribution in [0.15, 0.2) is 23.6 Å². The number of nitrogens with one attached hydrogen (secondary N) is 1. The van der Waals surface area contributed by atoms with Gasteiger partial charge in [0.05, 0.1) is 25.0 Å². The largest absolute Gasteiger partial charge is 0.380 e. The highest BCUT2D eigenvalue weighted by Gasteiger charge is 2.32. The molecule has 1 aromatic heterocycles. The van der Waals surface area contributed by atoms with E-state index in [1.54, 1.807) is 6.08 Å². The quantitative estimate of drug-likeness (QED) is 0.838. The number of halogens is 1. The zero-order valence-electron chi connectivity index (χ0n) is 11.6. The summed E-state index contributed by atoms with van der Waals surface area (Å²) in [5.74, 6) is -0.568. The number of hydrogen-bond donors (Lipinski definition) is 1. The second-order valence-corrected chi connectivity index (χ2v) is 5.36. The average Bonchev–Trinajstić information content (AvgIpc) is 2.74. The van der Waals surface area contributed by atoms with E-state index in [9.17, 15) is 4.79 Å². The molecule has 0 saturated carbocycles. The van der Waals surface area contributed by atoms with Crippen LogP contribution in [0.1, 0.15) is 13.8 Å². The summed E-state index contributed by atoms with van der Waals surface area (Å²) in [7, 11) is 0. The maximum Gasteiger partial charge on any atom is 0.287 e. The molecule has 2 rings (SSSR count). The van der Waals surface area contributed by atoms with Crippen LogP contribution in [0, 0.1) is 0 Å². The van der Waals surface area contributed by atoms with Gasteiger partial charge in [0.2, 0.25) is 0 Å². The molecule has 1 atom stereocenters. The number of ether oxygens (including phenoxy) is 2. The normalized spacial score (nSPS) is 20.9. The highest BCUT2D eigenvalue weighted by molar-refractivity contribution is 6.32.